The first kappa shape index (κ1) is 11.9. The zero-order valence-electron chi connectivity index (χ0n) is 8.16. The van der Waals surface area contributed by atoms with Crippen LogP contribution in [0.5, 0.6) is 0 Å². The van der Waals surface area contributed by atoms with Gasteiger partial charge in [0.05, 0.1) is 6.04 Å². The third-order valence-corrected chi connectivity index (χ3v) is 2.25. The van der Waals surface area contributed by atoms with Gasteiger partial charge in [-0.1, -0.05) is 11.6 Å². The largest absolute Gasteiger partial charge is 0.376 e. The highest BCUT2D eigenvalue weighted by atomic mass is 35.5. The second kappa shape index (κ2) is 5.09. The van der Waals surface area contributed by atoms with Crippen LogP contribution in [0.4, 0.5) is 0 Å². The third-order valence-electron chi connectivity index (χ3n) is 1.88. The summed E-state index contributed by atoms with van der Waals surface area (Å²) in [6.07, 6.45) is 0. The van der Waals surface area contributed by atoms with Gasteiger partial charge in [0.1, 0.15) is 0 Å². The molecule has 0 aliphatic carbocycles. The van der Waals surface area contributed by atoms with Crippen molar-refractivity contribution in [1.29, 1.82) is 0 Å². The van der Waals surface area contributed by atoms with Gasteiger partial charge in [0.25, 0.3) is 0 Å². The van der Waals surface area contributed by atoms with Gasteiger partial charge in [-0.15, -0.1) is 0 Å². The maximum atomic E-state index is 11.8. The molecular weight excluding hydrogens is 232 g/mol. The third kappa shape index (κ3) is 3.49. The highest BCUT2D eigenvalue weighted by molar-refractivity contribution is 7.80. The lowest BCUT2D eigenvalue weighted by molar-refractivity contribution is 0.0960. The van der Waals surface area contributed by atoms with Gasteiger partial charge in [-0.05, 0) is 43.4 Å². The lowest BCUT2D eigenvalue weighted by Crippen LogP contribution is -2.41. The van der Waals surface area contributed by atoms with E-state index in [0.29, 0.717) is 10.6 Å². The van der Waals surface area contributed by atoms with Crippen LogP contribution in [0.2, 0.25) is 5.02 Å². The van der Waals surface area contributed by atoms with Crippen molar-refractivity contribution in [3.8, 4) is 0 Å². The number of carbonyl (C=O) groups excluding carboxylic acids is 1. The predicted octanol–water partition coefficient (Wildman–Crippen LogP) is 1.74. The molecule has 3 N–H and O–H groups in total. The van der Waals surface area contributed by atoms with Crippen molar-refractivity contribution < 1.29 is 4.79 Å². The van der Waals surface area contributed by atoms with E-state index in [0.717, 1.165) is 0 Å². The fraction of sp³-hybridized carbons (Fsp3) is 0.200. The molecule has 0 saturated heterocycles. The molecule has 0 aromatic heterocycles. The molecule has 0 aliphatic heterocycles. The number of thiocarbonyl (C=S) groups is 1. The van der Waals surface area contributed by atoms with E-state index in [9.17, 15) is 4.79 Å². The standard InChI is InChI=1S/C10H11ClN2OS/c1-6(13-10(12)15)9(14)7-2-4-8(11)5-3-7/h2-6H,1H3,(H3,12,13,15). The lowest BCUT2D eigenvalue weighted by Gasteiger charge is -2.12. The van der Waals surface area contributed by atoms with Gasteiger partial charge >= 0.3 is 0 Å². The second-order valence-corrected chi connectivity index (χ2v) is 3.98. The quantitative estimate of drug-likeness (QED) is 0.626. The number of Topliss-reactive ketones (excluding diaryl/α,β-unsaturated/α-hetero) is 1. The summed E-state index contributed by atoms with van der Waals surface area (Å²) >= 11 is 10.4. The zero-order valence-corrected chi connectivity index (χ0v) is 9.73. The Bertz CT molecular complexity index is 378. The Morgan fingerprint density at radius 1 is 1.47 bits per heavy atom. The van der Waals surface area contributed by atoms with Crippen LogP contribution < -0.4 is 11.1 Å². The monoisotopic (exact) mass is 242 g/mol. The number of halogens is 1. The molecule has 3 nitrogen and oxygen atoms in total. The average molecular weight is 243 g/mol. The molecule has 0 amide bonds. The lowest BCUT2D eigenvalue weighted by atomic mass is 10.1. The van der Waals surface area contributed by atoms with Crippen LogP contribution >= 0.6 is 23.8 Å². The number of nitrogens with one attached hydrogen (secondary N) is 1. The van der Waals surface area contributed by atoms with Crippen molar-refractivity contribution in [1.82, 2.24) is 5.32 Å². The molecule has 80 valence electrons. The minimum atomic E-state index is -0.427. The molecule has 5 heteroatoms. The maximum absolute atomic E-state index is 11.8. The van der Waals surface area contributed by atoms with Crippen LogP contribution in [-0.4, -0.2) is 16.9 Å². The summed E-state index contributed by atoms with van der Waals surface area (Å²) in [6.45, 7) is 1.70. The van der Waals surface area contributed by atoms with Crippen LogP contribution in [0.3, 0.4) is 0 Å². The van der Waals surface area contributed by atoms with E-state index in [4.69, 9.17) is 17.3 Å². The molecule has 1 rings (SSSR count). The Morgan fingerprint density at radius 3 is 2.47 bits per heavy atom. The summed E-state index contributed by atoms with van der Waals surface area (Å²) < 4.78 is 0. The molecule has 1 aromatic rings. The molecule has 0 heterocycles. The van der Waals surface area contributed by atoms with Crippen LogP contribution in [0.25, 0.3) is 0 Å². The van der Waals surface area contributed by atoms with Crippen molar-refractivity contribution in [3.63, 3.8) is 0 Å². The smallest absolute Gasteiger partial charge is 0.184 e. The molecule has 15 heavy (non-hydrogen) atoms. The van der Waals surface area contributed by atoms with Crippen LogP contribution in [0.15, 0.2) is 24.3 Å². The molecule has 0 saturated carbocycles. The first-order chi connectivity index (χ1) is 7.00. The van der Waals surface area contributed by atoms with Gasteiger partial charge in [-0.2, -0.15) is 0 Å². The van der Waals surface area contributed by atoms with E-state index in [1.165, 1.54) is 0 Å². The topological polar surface area (TPSA) is 55.1 Å². The van der Waals surface area contributed by atoms with Crippen molar-refractivity contribution in [2.24, 2.45) is 5.73 Å². The molecule has 0 spiro atoms. The van der Waals surface area contributed by atoms with Gasteiger partial charge in [-0.3, -0.25) is 4.79 Å². The number of carbonyl (C=O) groups is 1. The summed E-state index contributed by atoms with van der Waals surface area (Å²) in [5.41, 5.74) is 5.86. The molecular formula is C10H11ClN2OS. The van der Waals surface area contributed by atoms with Crippen LogP contribution in [0, 0.1) is 0 Å². The number of benzene rings is 1. The Morgan fingerprint density at radius 2 is 2.00 bits per heavy atom. The van der Waals surface area contributed by atoms with E-state index < -0.39 is 6.04 Å². The fourth-order valence-electron chi connectivity index (χ4n) is 1.14. The predicted molar refractivity (Wildman–Crippen MR) is 65.2 cm³/mol. The van der Waals surface area contributed by atoms with Crippen molar-refractivity contribution in [3.05, 3.63) is 34.9 Å². The average Bonchev–Trinajstić information content (AvgIpc) is 2.17. The summed E-state index contributed by atoms with van der Waals surface area (Å²) in [6, 6.07) is 6.25. The molecule has 0 radical (unpaired) electrons. The summed E-state index contributed by atoms with van der Waals surface area (Å²) in [4.78, 5) is 11.8. The molecule has 1 atom stereocenters. The molecule has 0 aliphatic rings. The maximum Gasteiger partial charge on any atom is 0.184 e. The zero-order chi connectivity index (χ0) is 11.4. The van der Waals surface area contributed by atoms with Gasteiger partial charge in [-0.25, -0.2) is 0 Å². The van der Waals surface area contributed by atoms with Gasteiger partial charge < -0.3 is 11.1 Å². The van der Waals surface area contributed by atoms with Crippen LogP contribution in [0.1, 0.15) is 17.3 Å². The van der Waals surface area contributed by atoms with Gasteiger partial charge in [0, 0.05) is 10.6 Å². The molecule has 1 aromatic carbocycles. The Labute approximate surface area is 98.6 Å². The number of hydrogen-bond acceptors (Lipinski definition) is 2. The SMILES string of the molecule is CC(NC(N)=S)C(=O)c1ccc(Cl)cc1. The van der Waals surface area contributed by atoms with Gasteiger partial charge in [0.2, 0.25) is 0 Å². The van der Waals surface area contributed by atoms with E-state index >= 15 is 0 Å². The highest BCUT2D eigenvalue weighted by Crippen LogP contribution is 2.11. The van der Waals surface area contributed by atoms with E-state index in [2.05, 4.69) is 17.5 Å². The Balaban J connectivity index is 2.76. The number of rotatable bonds is 3. The second-order valence-electron chi connectivity index (χ2n) is 3.10. The minimum Gasteiger partial charge on any atom is -0.376 e. The number of nitrogens with two attached hydrogens (primary N) is 1. The highest BCUT2D eigenvalue weighted by Gasteiger charge is 2.14. The molecule has 0 bridgehead atoms. The molecule has 1 unspecified atom stereocenters. The fourth-order valence-corrected chi connectivity index (χ4v) is 1.45. The van der Waals surface area contributed by atoms with Crippen molar-refractivity contribution in [2.75, 3.05) is 0 Å². The Hall–Kier alpha value is -1.13. The normalized spacial score (nSPS) is 11.9. The first-order valence-corrected chi connectivity index (χ1v) is 5.15. The van der Waals surface area contributed by atoms with Crippen molar-refractivity contribution in [2.45, 2.75) is 13.0 Å². The summed E-state index contributed by atoms with van der Waals surface area (Å²) in [7, 11) is 0. The number of ketones is 1. The number of hydrogen-bond donors (Lipinski definition) is 2. The van der Waals surface area contributed by atoms with Gasteiger partial charge in [0.15, 0.2) is 10.9 Å². The van der Waals surface area contributed by atoms with Crippen LogP contribution in [-0.2, 0) is 0 Å². The minimum absolute atomic E-state index is 0.0699. The van der Waals surface area contributed by atoms with E-state index in [-0.39, 0.29) is 10.9 Å². The summed E-state index contributed by atoms with van der Waals surface area (Å²) in [5.74, 6) is -0.0699. The van der Waals surface area contributed by atoms with E-state index in [1.54, 1.807) is 31.2 Å². The molecule has 0 fully saturated rings. The summed E-state index contributed by atoms with van der Waals surface area (Å²) in [5, 5.41) is 3.40. The van der Waals surface area contributed by atoms with Crippen molar-refractivity contribution >= 4 is 34.7 Å². The Kier molecular flexibility index (Phi) is 4.05. The first-order valence-electron chi connectivity index (χ1n) is 4.36. The van der Waals surface area contributed by atoms with E-state index in [1.807, 2.05) is 0 Å².